The van der Waals surface area contributed by atoms with Crippen LogP contribution in [0.4, 0.5) is 0 Å². The minimum Gasteiger partial charge on any atom is -0.456 e. The zero-order chi connectivity index (χ0) is 14.2. The van der Waals surface area contributed by atoms with Gasteiger partial charge in [0.2, 0.25) is 5.89 Å². The molecule has 0 amide bonds. The topological polar surface area (TPSA) is 65.2 Å². The number of carbonyl (C=O) groups is 1. The van der Waals surface area contributed by atoms with E-state index in [1.54, 1.807) is 0 Å². The van der Waals surface area contributed by atoms with Crippen molar-refractivity contribution in [3.05, 3.63) is 36.2 Å². The Kier molecular flexibility index (Phi) is 5.29. The van der Waals surface area contributed by atoms with Crippen molar-refractivity contribution in [2.24, 2.45) is 0 Å². The predicted octanol–water partition coefficient (Wildman–Crippen LogP) is 3.36. The molecule has 0 aliphatic carbocycles. The van der Waals surface area contributed by atoms with Crippen LogP contribution in [0.2, 0.25) is 0 Å². The van der Waals surface area contributed by atoms with Crippen molar-refractivity contribution in [1.29, 1.82) is 0 Å². The Labute approximate surface area is 118 Å². The fraction of sp³-hybridized carbons (Fsp3) is 0.400. The van der Waals surface area contributed by atoms with Crippen LogP contribution < -0.4 is 0 Å². The van der Waals surface area contributed by atoms with Gasteiger partial charge in [-0.2, -0.15) is 0 Å². The highest BCUT2D eigenvalue weighted by atomic mass is 16.5. The monoisotopic (exact) mass is 274 g/mol. The molecule has 106 valence electrons. The molecule has 0 atom stereocenters. The van der Waals surface area contributed by atoms with Gasteiger partial charge in [-0.25, -0.2) is 0 Å². The lowest BCUT2D eigenvalue weighted by molar-refractivity contribution is -0.145. The summed E-state index contributed by atoms with van der Waals surface area (Å²) < 4.78 is 10.5. The number of hydrogen-bond donors (Lipinski definition) is 0. The quantitative estimate of drug-likeness (QED) is 0.572. The van der Waals surface area contributed by atoms with E-state index in [2.05, 4.69) is 17.1 Å². The lowest BCUT2D eigenvalue weighted by Crippen LogP contribution is -2.04. The highest BCUT2D eigenvalue weighted by molar-refractivity contribution is 5.69. The molecule has 2 rings (SSSR count). The van der Waals surface area contributed by atoms with Crippen molar-refractivity contribution in [3.63, 3.8) is 0 Å². The van der Waals surface area contributed by atoms with Crippen molar-refractivity contribution in [1.82, 2.24) is 10.2 Å². The molecular weight excluding hydrogens is 256 g/mol. The maximum atomic E-state index is 11.5. The average Bonchev–Trinajstić information content (AvgIpc) is 2.95. The molecule has 0 fully saturated rings. The minimum atomic E-state index is -0.224. The Morgan fingerprint density at radius 3 is 2.75 bits per heavy atom. The second-order valence-electron chi connectivity index (χ2n) is 4.48. The van der Waals surface area contributed by atoms with E-state index in [4.69, 9.17) is 9.15 Å². The molecular formula is C15H18N2O3. The molecule has 1 aromatic carbocycles. The molecule has 0 saturated carbocycles. The summed E-state index contributed by atoms with van der Waals surface area (Å²) >= 11 is 0. The standard InChI is InChI=1S/C15H18N2O3/c1-2-3-5-10-14(18)19-11-13-16-17-15(20-13)12-8-6-4-7-9-12/h4,6-9H,2-3,5,10-11H2,1H3. The van der Waals surface area contributed by atoms with E-state index in [9.17, 15) is 4.79 Å². The van der Waals surface area contributed by atoms with Gasteiger partial charge < -0.3 is 9.15 Å². The third kappa shape index (κ3) is 4.19. The number of aromatic nitrogens is 2. The van der Waals surface area contributed by atoms with Crippen LogP contribution in [-0.2, 0) is 16.1 Å². The van der Waals surface area contributed by atoms with E-state index >= 15 is 0 Å². The van der Waals surface area contributed by atoms with Gasteiger partial charge in [0.05, 0.1) is 0 Å². The van der Waals surface area contributed by atoms with Crippen molar-refractivity contribution < 1.29 is 13.9 Å². The first-order valence-electron chi connectivity index (χ1n) is 6.83. The second-order valence-corrected chi connectivity index (χ2v) is 4.48. The Balaban J connectivity index is 1.83. The molecule has 20 heavy (non-hydrogen) atoms. The lowest BCUT2D eigenvalue weighted by Gasteiger charge is -2.01. The van der Waals surface area contributed by atoms with Crippen LogP contribution in [0.1, 0.15) is 38.5 Å². The van der Waals surface area contributed by atoms with Crippen LogP contribution in [0, 0.1) is 0 Å². The zero-order valence-corrected chi connectivity index (χ0v) is 11.5. The summed E-state index contributed by atoms with van der Waals surface area (Å²) in [6, 6.07) is 9.47. The van der Waals surface area contributed by atoms with Crippen LogP contribution in [0.3, 0.4) is 0 Å². The molecule has 0 aliphatic heterocycles. The van der Waals surface area contributed by atoms with E-state index in [-0.39, 0.29) is 12.6 Å². The molecule has 1 aromatic heterocycles. The Bertz CT molecular complexity index is 537. The van der Waals surface area contributed by atoms with Gasteiger partial charge >= 0.3 is 5.97 Å². The Morgan fingerprint density at radius 1 is 1.20 bits per heavy atom. The van der Waals surface area contributed by atoms with E-state index in [0.29, 0.717) is 18.2 Å². The summed E-state index contributed by atoms with van der Waals surface area (Å²) in [6.07, 6.45) is 3.41. The number of carbonyl (C=O) groups excluding carboxylic acids is 1. The van der Waals surface area contributed by atoms with Gasteiger partial charge in [0.25, 0.3) is 5.89 Å². The van der Waals surface area contributed by atoms with Gasteiger partial charge in [0.15, 0.2) is 6.61 Å². The largest absolute Gasteiger partial charge is 0.456 e. The Morgan fingerprint density at radius 2 is 2.00 bits per heavy atom. The predicted molar refractivity (Wildman–Crippen MR) is 73.7 cm³/mol. The highest BCUT2D eigenvalue weighted by Crippen LogP contribution is 2.17. The van der Waals surface area contributed by atoms with Gasteiger partial charge in [-0.3, -0.25) is 4.79 Å². The molecule has 0 spiro atoms. The molecule has 1 heterocycles. The minimum absolute atomic E-state index is 0.0325. The molecule has 0 saturated heterocycles. The number of rotatable bonds is 7. The lowest BCUT2D eigenvalue weighted by atomic mass is 10.2. The molecule has 5 heteroatoms. The first-order valence-corrected chi connectivity index (χ1v) is 6.83. The third-order valence-electron chi connectivity index (χ3n) is 2.83. The first-order chi connectivity index (χ1) is 9.79. The summed E-state index contributed by atoms with van der Waals surface area (Å²) in [5, 5.41) is 7.80. The summed E-state index contributed by atoms with van der Waals surface area (Å²) in [6.45, 7) is 2.12. The van der Waals surface area contributed by atoms with E-state index in [1.165, 1.54) is 0 Å². The van der Waals surface area contributed by atoms with Gasteiger partial charge in [0.1, 0.15) is 0 Å². The number of hydrogen-bond acceptors (Lipinski definition) is 5. The van der Waals surface area contributed by atoms with Gasteiger partial charge in [-0.05, 0) is 18.6 Å². The Hall–Kier alpha value is -2.17. The maximum absolute atomic E-state index is 11.5. The average molecular weight is 274 g/mol. The first kappa shape index (κ1) is 14.2. The smallest absolute Gasteiger partial charge is 0.306 e. The van der Waals surface area contributed by atoms with Crippen LogP contribution in [0.25, 0.3) is 11.5 Å². The van der Waals surface area contributed by atoms with Crippen LogP contribution >= 0.6 is 0 Å². The number of benzene rings is 1. The maximum Gasteiger partial charge on any atom is 0.306 e. The van der Waals surface area contributed by atoms with Gasteiger partial charge in [0, 0.05) is 12.0 Å². The molecule has 5 nitrogen and oxygen atoms in total. The van der Waals surface area contributed by atoms with Crippen molar-refractivity contribution in [3.8, 4) is 11.5 Å². The summed E-state index contributed by atoms with van der Waals surface area (Å²) in [5.74, 6) is 0.522. The van der Waals surface area contributed by atoms with Crippen LogP contribution in [0.5, 0.6) is 0 Å². The third-order valence-corrected chi connectivity index (χ3v) is 2.83. The van der Waals surface area contributed by atoms with Crippen molar-refractivity contribution >= 4 is 5.97 Å². The normalized spacial score (nSPS) is 10.4. The molecule has 0 aliphatic rings. The molecule has 0 unspecified atom stereocenters. The zero-order valence-electron chi connectivity index (χ0n) is 11.5. The van der Waals surface area contributed by atoms with Crippen LogP contribution in [-0.4, -0.2) is 16.2 Å². The fourth-order valence-corrected chi connectivity index (χ4v) is 1.74. The molecule has 0 bridgehead atoms. The SMILES string of the molecule is CCCCCC(=O)OCc1nnc(-c2ccccc2)o1. The van der Waals surface area contributed by atoms with Gasteiger partial charge in [-0.1, -0.05) is 38.0 Å². The summed E-state index contributed by atoms with van der Waals surface area (Å²) in [7, 11) is 0. The second kappa shape index (κ2) is 7.43. The van der Waals surface area contributed by atoms with E-state index in [1.807, 2.05) is 30.3 Å². The van der Waals surface area contributed by atoms with E-state index in [0.717, 1.165) is 24.8 Å². The molecule has 0 radical (unpaired) electrons. The van der Waals surface area contributed by atoms with Gasteiger partial charge in [-0.15, -0.1) is 10.2 Å². The summed E-state index contributed by atoms with van der Waals surface area (Å²) in [5.41, 5.74) is 0.848. The number of unbranched alkanes of at least 4 members (excludes halogenated alkanes) is 2. The number of nitrogens with zero attached hydrogens (tertiary/aromatic N) is 2. The number of ether oxygens (including phenoxy) is 1. The fourth-order valence-electron chi connectivity index (χ4n) is 1.74. The summed E-state index contributed by atoms with van der Waals surface area (Å²) in [4.78, 5) is 11.5. The van der Waals surface area contributed by atoms with Crippen molar-refractivity contribution in [2.45, 2.75) is 39.2 Å². The van der Waals surface area contributed by atoms with Crippen LogP contribution in [0.15, 0.2) is 34.7 Å². The molecule has 2 aromatic rings. The van der Waals surface area contributed by atoms with E-state index < -0.39 is 0 Å². The highest BCUT2D eigenvalue weighted by Gasteiger charge is 2.10. The number of esters is 1. The van der Waals surface area contributed by atoms with Crippen molar-refractivity contribution in [2.75, 3.05) is 0 Å². The molecule has 0 N–H and O–H groups in total.